The van der Waals surface area contributed by atoms with Crippen LogP contribution in [0.4, 0.5) is 14.6 Å². The molecule has 7 heteroatoms. The predicted octanol–water partition coefficient (Wildman–Crippen LogP) is 4.21. The van der Waals surface area contributed by atoms with Gasteiger partial charge in [-0.15, -0.1) is 0 Å². The average Bonchev–Trinajstić information content (AvgIpc) is 2.93. The molecule has 0 unspecified atom stereocenters. The zero-order chi connectivity index (χ0) is 19.0. The lowest BCUT2D eigenvalue weighted by Gasteiger charge is -2.27. The Balaban J connectivity index is 1.76. The SMILES string of the molecule is O=C1C[C@H](c2ccc(F)c(F)c2)c2c(n(C3CCCCCCC3)[nH]c2=O)N1. The van der Waals surface area contributed by atoms with Gasteiger partial charge < -0.3 is 5.32 Å². The first-order valence-corrected chi connectivity index (χ1v) is 9.64. The van der Waals surface area contributed by atoms with E-state index in [2.05, 4.69) is 10.4 Å². The summed E-state index contributed by atoms with van der Waals surface area (Å²) in [5.74, 6) is -2.24. The highest BCUT2D eigenvalue weighted by Crippen LogP contribution is 2.38. The van der Waals surface area contributed by atoms with Gasteiger partial charge in [-0.1, -0.05) is 38.2 Å². The Kier molecular flexibility index (Phi) is 4.85. The van der Waals surface area contributed by atoms with Crippen LogP contribution in [0.25, 0.3) is 0 Å². The third-order valence-electron chi connectivity index (χ3n) is 5.74. The molecule has 2 aliphatic rings. The molecule has 5 nitrogen and oxygen atoms in total. The molecule has 0 spiro atoms. The number of anilines is 1. The summed E-state index contributed by atoms with van der Waals surface area (Å²) < 4.78 is 28.8. The van der Waals surface area contributed by atoms with E-state index in [4.69, 9.17) is 0 Å². The molecular formula is C20H23F2N3O2. The van der Waals surface area contributed by atoms with Crippen molar-refractivity contribution < 1.29 is 13.6 Å². The van der Waals surface area contributed by atoms with E-state index in [-0.39, 0.29) is 23.9 Å². The molecule has 1 amide bonds. The van der Waals surface area contributed by atoms with Gasteiger partial charge in [-0.3, -0.25) is 19.4 Å². The Bertz CT molecular complexity index is 910. The molecule has 0 saturated heterocycles. The summed E-state index contributed by atoms with van der Waals surface area (Å²) in [5.41, 5.74) is 0.593. The van der Waals surface area contributed by atoms with E-state index in [0.29, 0.717) is 16.9 Å². The number of aromatic nitrogens is 2. The van der Waals surface area contributed by atoms with Crippen molar-refractivity contribution in [1.82, 2.24) is 9.78 Å². The minimum absolute atomic E-state index is 0.0375. The number of H-pyrrole nitrogens is 1. The van der Waals surface area contributed by atoms with Gasteiger partial charge in [0.25, 0.3) is 5.56 Å². The minimum atomic E-state index is -0.976. The number of fused-ring (bicyclic) bond motifs is 1. The number of aromatic amines is 1. The molecule has 2 heterocycles. The second-order valence-corrected chi connectivity index (χ2v) is 7.55. The lowest BCUT2D eigenvalue weighted by atomic mass is 9.87. The first-order valence-electron chi connectivity index (χ1n) is 9.64. The molecule has 1 saturated carbocycles. The van der Waals surface area contributed by atoms with E-state index < -0.39 is 17.6 Å². The van der Waals surface area contributed by atoms with E-state index in [1.54, 1.807) is 4.68 Å². The van der Waals surface area contributed by atoms with E-state index >= 15 is 0 Å². The summed E-state index contributed by atoms with van der Waals surface area (Å²) in [7, 11) is 0. The third-order valence-corrected chi connectivity index (χ3v) is 5.74. The topological polar surface area (TPSA) is 66.9 Å². The fourth-order valence-corrected chi connectivity index (χ4v) is 4.36. The maximum atomic E-state index is 13.7. The highest BCUT2D eigenvalue weighted by Gasteiger charge is 2.34. The van der Waals surface area contributed by atoms with Crippen LogP contribution in [-0.2, 0) is 4.79 Å². The number of hydrogen-bond acceptors (Lipinski definition) is 2. The summed E-state index contributed by atoms with van der Waals surface area (Å²) >= 11 is 0. The van der Waals surface area contributed by atoms with Gasteiger partial charge in [-0.2, -0.15) is 0 Å². The van der Waals surface area contributed by atoms with E-state index in [1.807, 2.05) is 0 Å². The van der Waals surface area contributed by atoms with E-state index in [0.717, 1.165) is 37.8 Å². The van der Waals surface area contributed by atoms with Gasteiger partial charge in [0.15, 0.2) is 11.6 Å². The Labute approximate surface area is 155 Å². The standard InChI is InChI=1S/C20H23F2N3O2/c21-15-9-8-12(10-16(15)22)14-11-17(26)23-19-18(14)20(27)24-25(19)13-6-4-2-1-3-5-7-13/h8-10,13-14H,1-7,11H2,(H,23,26)(H,24,27)/t14-/m1/s1. The largest absolute Gasteiger partial charge is 0.311 e. The van der Waals surface area contributed by atoms with Crippen LogP contribution in [0.2, 0.25) is 0 Å². The summed E-state index contributed by atoms with van der Waals surface area (Å²) in [5, 5.41) is 5.73. The normalized spacial score (nSPS) is 21.3. The highest BCUT2D eigenvalue weighted by molar-refractivity contribution is 5.94. The van der Waals surface area contributed by atoms with Crippen LogP contribution in [0.3, 0.4) is 0 Å². The van der Waals surface area contributed by atoms with E-state index in [1.165, 1.54) is 25.3 Å². The zero-order valence-electron chi connectivity index (χ0n) is 15.1. The number of hydrogen-bond donors (Lipinski definition) is 2. The number of nitrogens with one attached hydrogen (secondary N) is 2. The van der Waals surface area contributed by atoms with Crippen LogP contribution in [-0.4, -0.2) is 15.7 Å². The molecule has 144 valence electrons. The zero-order valence-corrected chi connectivity index (χ0v) is 15.1. The van der Waals surface area contributed by atoms with Crippen molar-refractivity contribution in [2.45, 2.75) is 63.3 Å². The molecule has 1 aromatic carbocycles. The number of benzene rings is 1. The number of amides is 1. The smallest absolute Gasteiger partial charge is 0.270 e. The molecule has 1 fully saturated rings. The molecule has 2 aromatic rings. The average molecular weight is 375 g/mol. The van der Waals surface area contributed by atoms with Gasteiger partial charge in [0.1, 0.15) is 5.82 Å². The monoisotopic (exact) mass is 375 g/mol. The van der Waals surface area contributed by atoms with Crippen LogP contribution in [0.15, 0.2) is 23.0 Å². The molecule has 4 rings (SSSR count). The van der Waals surface area contributed by atoms with Crippen LogP contribution in [0, 0.1) is 11.6 Å². The van der Waals surface area contributed by atoms with Crippen LogP contribution in [0.5, 0.6) is 0 Å². The van der Waals surface area contributed by atoms with Crippen molar-refractivity contribution in [2.24, 2.45) is 0 Å². The fraction of sp³-hybridized carbons (Fsp3) is 0.500. The lowest BCUT2D eigenvalue weighted by Crippen LogP contribution is -2.27. The number of carbonyl (C=O) groups is 1. The van der Waals surface area contributed by atoms with Crippen LogP contribution < -0.4 is 10.9 Å². The Morgan fingerprint density at radius 3 is 2.37 bits per heavy atom. The molecule has 1 aliphatic carbocycles. The predicted molar refractivity (Wildman–Crippen MR) is 97.9 cm³/mol. The molecule has 1 aromatic heterocycles. The van der Waals surface area contributed by atoms with Crippen molar-refractivity contribution in [3.05, 3.63) is 51.3 Å². The van der Waals surface area contributed by atoms with Crippen molar-refractivity contribution in [1.29, 1.82) is 0 Å². The summed E-state index contributed by atoms with van der Waals surface area (Å²) in [4.78, 5) is 25.0. The Morgan fingerprint density at radius 2 is 1.67 bits per heavy atom. The summed E-state index contributed by atoms with van der Waals surface area (Å²) in [6.45, 7) is 0. The van der Waals surface area contributed by atoms with Crippen molar-refractivity contribution in [2.75, 3.05) is 5.32 Å². The maximum absolute atomic E-state index is 13.7. The molecule has 1 aliphatic heterocycles. The van der Waals surface area contributed by atoms with Gasteiger partial charge in [0.05, 0.1) is 11.6 Å². The van der Waals surface area contributed by atoms with Crippen molar-refractivity contribution >= 4 is 11.7 Å². The van der Waals surface area contributed by atoms with Gasteiger partial charge in [0, 0.05) is 12.3 Å². The molecule has 2 N–H and O–H groups in total. The number of rotatable bonds is 2. The maximum Gasteiger partial charge on any atom is 0.270 e. The minimum Gasteiger partial charge on any atom is -0.311 e. The van der Waals surface area contributed by atoms with Crippen molar-refractivity contribution in [3.8, 4) is 0 Å². The lowest BCUT2D eigenvalue weighted by molar-refractivity contribution is -0.116. The van der Waals surface area contributed by atoms with Crippen LogP contribution in [0.1, 0.15) is 74.5 Å². The Morgan fingerprint density at radius 1 is 0.963 bits per heavy atom. The van der Waals surface area contributed by atoms with Crippen LogP contribution >= 0.6 is 0 Å². The number of halogens is 2. The first kappa shape index (κ1) is 17.9. The quantitative estimate of drug-likeness (QED) is 0.826. The summed E-state index contributed by atoms with van der Waals surface area (Å²) in [6, 6.07) is 3.69. The molecule has 27 heavy (non-hydrogen) atoms. The van der Waals surface area contributed by atoms with Gasteiger partial charge in [-0.05, 0) is 30.5 Å². The second-order valence-electron chi connectivity index (χ2n) is 7.55. The fourth-order valence-electron chi connectivity index (χ4n) is 4.36. The van der Waals surface area contributed by atoms with Gasteiger partial charge in [0.2, 0.25) is 5.91 Å². The van der Waals surface area contributed by atoms with Gasteiger partial charge >= 0.3 is 0 Å². The molecule has 0 bridgehead atoms. The third kappa shape index (κ3) is 3.42. The number of carbonyl (C=O) groups excluding carboxylic acids is 1. The first-order chi connectivity index (χ1) is 13.0. The molecule has 1 atom stereocenters. The second kappa shape index (κ2) is 7.29. The Hall–Kier alpha value is -2.44. The van der Waals surface area contributed by atoms with Crippen molar-refractivity contribution in [3.63, 3.8) is 0 Å². The van der Waals surface area contributed by atoms with Gasteiger partial charge in [-0.25, -0.2) is 8.78 Å². The highest BCUT2D eigenvalue weighted by atomic mass is 19.2. The number of nitrogens with zero attached hydrogens (tertiary/aromatic N) is 1. The summed E-state index contributed by atoms with van der Waals surface area (Å²) in [6.07, 6.45) is 7.69. The molecular weight excluding hydrogens is 352 g/mol. The molecule has 0 radical (unpaired) electrons. The van der Waals surface area contributed by atoms with E-state index in [9.17, 15) is 18.4 Å².